The van der Waals surface area contributed by atoms with Gasteiger partial charge in [0.1, 0.15) is 11.8 Å². The summed E-state index contributed by atoms with van der Waals surface area (Å²) in [5, 5.41) is 3.85. The Morgan fingerprint density at radius 1 is 1.36 bits per heavy atom. The summed E-state index contributed by atoms with van der Waals surface area (Å²) in [6.07, 6.45) is 0.872. The Labute approximate surface area is 147 Å². The molecule has 1 aliphatic rings. The molecule has 134 valence electrons. The van der Waals surface area contributed by atoms with E-state index in [0.717, 1.165) is 24.3 Å². The summed E-state index contributed by atoms with van der Waals surface area (Å²) in [4.78, 5) is 20.8. The number of likely N-dealkylation sites (N-methyl/N-ethyl adjacent to an activating group) is 1. The Bertz CT molecular complexity index is 731. The number of benzene rings is 1. The molecule has 1 amide bonds. The Hall–Kier alpha value is -2.41. The number of rotatable bonds is 5. The van der Waals surface area contributed by atoms with Crippen LogP contribution in [0.1, 0.15) is 30.2 Å². The van der Waals surface area contributed by atoms with Crippen LogP contribution in [0, 0.1) is 6.92 Å². The van der Waals surface area contributed by atoms with E-state index in [2.05, 4.69) is 22.0 Å². The summed E-state index contributed by atoms with van der Waals surface area (Å²) >= 11 is 0. The first-order chi connectivity index (χ1) is 12.1. The van der Waals surface area contributed by atoms with E-state index in [1.807, 2.05) is 31.3 Å². The highest BCUT2D eigenvalue weighted by molar-refractivity contribution is 5.78. The molecule has 0 N–H and O–H groups in total. The largest absolute Gasteiger partial charge is 0.483 e. The summed E-state index contributed by atoms with van der Waals surface area (Å²) in [6, 6.07) is 7.74. The maximum Gasteiger partial charge on any atom is 0.260 e. The maximum atomic E-state index is 12.6. The van der Waals surface area contributed by atoms with Crippen molar-refractivity contribution in [3.05, 3.63) is 41.5 Å². The number of para-hydroxylation sites is 1. The lowest BCUT2D eigenvalue weighted by atomic mass is 10.1. The summed E-state index contributed by atoms with van der Waals surface area (Å²) in [7, 11) is 2.00. The Morgan fingerprint density at radius 3 is 2.88 bits per heavy atom. The van der Waals surface area contributed by atoms with Crippen molar-refractivity contribution < 1.29 is 14.1 Å². The van der Waals surface area contributed by atoms with E-state index in [-0.39, 0.29) is 18.6 Å². The molecule has 1 aliphatic heterocycles. The average Bonchev–Trinajstić information content (AvgIpc) is 3.06. The summed E-state index contributed by atoms with van der Waals surface area (Å²) in [5.74, 6) is 1.90. The molecule has 0 aliphatic carbocycles. The van der Waals surface area contributed by atoms with Crippen LogP contribution in [-0.4, -0.2) is 59.1 Å². The highest BCUT2D eigenvalue weighted by atomic mass is 16.5. The van der Waals surface area contributed by atoms with E-state index in [0.29, 0.717) is 24.8 Å². The molecule has 0 radical (unpaired) electrons. The fourth-order valence-electron chi connectivity index (χ4n) is 2.98. The first kappa shape index (κ1) is 17.4. The summed E-state index contributed by atoms with van der Waals surface area (Å²) < 4.78 is 11.0. The number of carbonyl (C=O) groups is 1. The topological polar surface area (TPSA) is 71.7 Å². The first-order valence-electron chi connectivity index (χ1n) is 8.57. The molecule has 1 fully saturated rings. The van der Waals surface area contributed by atoms with Gasteiger partial charge >= 0.3 is 0 Å². The minimum absolute atomic E-state index is 0.0276. The van der Waals surface area contributed by atoms with Crippen molar-refractivity contribution in [2.45, 2.75) is 26.3 Å². The third kappa shape index (κ3) is 3.99. The molecule has 3 rings (SSSR count). The number of hydrogen-bond acceptors (Lipinski definition) is 6. The maximum absolute atomic E-state index is 12.6. The zero-order valence-corrected chi connectivity index (χ0v) is 14.9. The molecule has 1 unspecified atom stereocenters. The van der Waals surface area contributed by atoms with Gasteiger partial charge in [0, 0.05) is 19.6 Å². The number of piperazine rings is 1. The van der Waals surface area contributed by atoms with Crippen LogP contribution < -0.4 is 4.74 Å². The van der Waals surface area contributed by atoms with Crippen LogP contribution in [0.4, 0.5) is 0 Å². The van der Waals surface area contributed by atoms with Crippen molar-refractivity contribution in [2.24, 2.45) is 0 Å². The number of nitrogens with zero attached hydrogens (tertiary/aromatic N) is 4. The van der Waals surface area contributed by atoms with Crippen molar-refractivity contribution >= 4 is 5.91 Å². The molecule has 0 saturated carbocycles. The van der Waals surface area contributed by atoms with Gasteiger partial charge in [0.25, 0.3) is 5.91 Å². The van der Waals surface area contributed by atoms with Crippen LogP contribution in [0.25, 0.3) is 0 Å². The van der Waals surface area contributed by atoms with Crippen LogP contribution in [-0.2, 0) is 11.2 Å². The molecular formula is C18H24N4O3. The van der Waals surface area contributed by atoms with Gasteiger partial charge in [0.2, 0.25) is 5.89 Å². The zero-order valence-electron chi connectivity index (χ0n) is 14.9. The van der Waals surface area contributed by atoms with Gasteiger partial charge in [0.05, 0.1) is 0 Å². The van der Waals surface area contributed by atoms with E-state index in [4.69, 9.17) is 9.26 Å². The van der Waals surface area contributed by atoms with E-state index < -0.39 is 0 Å². The number of aromatic nitrogens is 2. The van der Waals surface area contributed by atoms with Gasteiger partial charge in [0.15, 0.2) is 12.4 Å². The normalized spacial score (nSPS) is 18.4. The van der Waals surface area contributed by atoms with Crippen molar-refractivity contribution in [2.75, 3.05) is 33.3 Å². The van der Waals surface area contributed by atoms with E-state index >= 15 is 0 Å². The fraction of sp³-hybridized carbons (Fsp3) is 0.500. The van der Waals surface area contributed by atoms with Gasteiger partial charge in [-0.3, -0.25) is 9.69 Å². The second-order valence-electron chi connectivity index (χ2n) is 6.27. The zero-order chi connectivity index (χ0) is 17.8. The molecule has 7 heteroatoms. The van der Waals surface area contributed by atoms with Crippen LogP contribution in [0.3, 0.4) is 0 Å². The van der Waals surface area contributed by atoms with Crippen molar-refractivity contribution in [1.29, 1.82) is 0 Å². The third-order valence-corrected chi connectivity index (χ3v) is 4.53. The quantitative estimate of drug-likeness (QED) is 0.824. The van der Waals surface area contributed by atoms with Gasteiger partial charge in [-0.1, -0.05) is 30.3 Å². The van der Waals surface area contributed by atoms with Gasteiger partial charge in [-0.05, 0) is 32.0 Å². The molecule has 1 aromatic carbocycles. The minimum atomic E-state index is -0.0816. The third-order valence-electron chi connectivity index (χ3n) is 4.53. The number of ether oxygens (including phenoxy) is 1. The molecular weight excluding hydrogens is 320 g/mol. The number of aryl methyl sites for hydroxylation is 2. The van der Waals surface area contributed by atoms with E-state index in [1.165, 1.54) is 0 Å². The highest BCUT2D eigenvalue weighted by Crippen LogP contribution is 2.23. The van der Waals surface area contributed by atoms with Crippen molar-refractivity contribution in [3.63, 3.8) is 0 Å². The van der Waals surface area contributed by atoms with Gasteiger partial charge < -0.3 is 14.2 Å². The standard InChI is InChI=1S/C18H24N4O3/c1-4-14-7-5-6-8-16(14)24-12-17(23)22-10-9-21(3)15(11-22)18-19-13(2)20-25-18/h5-8,15H,4,9-12H2,1-3H3. The summed E-state index contributed by atoms with van der Waals surface area (Å²) in [6.45, 7) is 5.84. The number of amides is 1. The van der Waals surface area contributed by atoms with E-state index in [9.17, 15) is 4.79 Å². The second kappa shape index (κ2) is 7.65. The molecule has 0 bridgehead atoms. The van der Waals surface area contributed by atoms with Crippen LogP contribution in [0.15, 0.2) is 28.8 Å². The average molecular weight is 344 g/mol. The molecule has 1 atom stereocenters. The predicted molar refractivity (Wildman–Crippen MR) is 92.3 cm³/mol. The number of carbonyl (C=O) groups excluding carboxylic acids is 1. The molecule has 2 aromatic rings. The van der Waals surface area contributed by atoms with Gasteiger partial charge in [-0.25, -0.2) is 0 Å². The summed E-state index contributed by atoms with van der Waals surface area (Å²) in [5.41, 5.74) is 1.10. The lowest BCUT2D eigenvalue weighted by Crippen LogP contribution is -2.50. The first-order valence-corrected chi connectivity index (χ1v) is 8.57. The van der Waals surface area contributed by atoms with Crippen LogP contribution >= 0.6 is 0 Å². The Morgan fingerprint density at radius 2 is 2.16 bits per heavy atom. The molecule has 7 nitrogen and oxygen atoms in total. The Kier molecular flexibility index (Phi) is 5.33. The van der Waals surface area contributed by atoms with Crippen molar-refractivity contribution in [3.8, 4) is 5.75 Å². The highest BCUT2D eigenvalue weighted by Gasteiger charge is 2.32. The monoisotopic (exact) mass is 344 g/mol. The fourth-order valence-corrected chi connectivity index (χ4v) is 2.98. The minimum Gasteiger partial charge on any atom is -0.483 e. The molecule has 25 heavy (non-hydrogen) atoms. The molecule has 1 saturated heterocycles. The van der Waals surface area contributed by atoms with Crippen LogP contribution in [0.2, 0.25) is 0 Å². The van der Waals surface area contributed by atoms with Gasteiger partial charge in [-0.2, -0.15) is 4.98 Å². The van der Waals surface area contributed by atoms with Gasteiger partial charge in [-0.15, -0.1) is 0 Å². The van der Waals surface area contributed by atoms with Crippen molar-refractivity contribution in [1.82, 2.24) is 19.9 Å². The molecule has 2 heterocycles. The smallest absolute Gasteiger partial charge is 0.260 e. The molecule has 0 spiro atoms. The molecule has 1 aromatic heterocycles. The second-order valence-corrected chi connectivity index (χ2v) is 6.27. The lowest BCUT2D eigenvalue weighted by molar-refractivity contribution is -0.136. The van der Waals surface area contributed by atoms with E-state index in [1.54, 1.807) is 11.8 Å². The SMILES string of the molecule is CCc1ccccc1OCC(=O)N1CCN(C)C(c2nc(C)no2)C1. The Balaban J connectivity index is 1.62. The van der Waals surface area contributed by atoms with Crippen LogP contribution in [0.5, 0.6) is 5.75 Å². The lowest BCUT2D eigenvalue weighted by Gasteiger charge is -2.37. The number of hydrogen-bond donors (Lipinski definition) is 0. The predicted octanol–water partition coefficient (Wildman–Crippen LogP) is 1.83.